The number of hydrogen-bond donors (Lipinski definition) is 0. The van der Waals surface area contributed by atoms with Crippen LogP contribution in [-0.4, -0.2) is 5.71 Å². The standard InChI is InChI=1S/C16H12Cl2F3NO/c1-2-15(22-23-12-5-3-4-10(17)8-12)13-9-11(18)6-7-14(13)16(19,20)21/h3-9H,2H2,1H3. The first-order valence-electron chi connectivity index (χ1n) is 6.68. The third-order valence-electron chi connectivity index (χ3n) is 2.99. The molecule has 2 rings (SSSR count). The molecule has 0 heterocycles. The minimum Gasteiger partial charge on any atom is -0.357 e. The van der Waals surface area contributed by atoms with Crippen molar-refractivity contribution < 1.29 is 18.0 Å². The molecule has 2 aromatic carbocycles. The maximum absolute atomic E-state index is 13.1. The fourth-order valence-electron chi connectivity index (χ4n) is 1.94. The lowest BCUT2D eigenvalue weighted by Crippen LogP contribution is -2.14. The molecule has 0 bridgehead atoms. The second-order valence-corrected chi connectivity index (χ2v) is 5.50. The van der Waals surface area contributed by atoms with Crippen LogP contribution in [0.5, 0.6) is 5.75 Å². The molecule has 0 amide bonds. The fraction of sp³-hybridized carbons (Fsp3) is 0.188. The molecule has 2 aromatic rings. The van der Waals surface area contributed by atoms with Gasteiger partial charge in [0.05, 0.1) is 11.3 Å². The highest BCUT2D eigenvalue weighted by molar-refractivity contribution is 6.31. The van der Waals surface area contributed by atoms with Crippen LogP contribution in [0.4, 0.5) is 13.2 Å². The number of alkyl halides is 3. The van der Waals surface area contributed by atoms with Gasteiger partial charge in [0.2, 0.25) is 0 Å². The van der Waals surface area contributed by atoms with Crippen LogP contribution in [0.15, 0.2) is 47.6 Å². The first-order valence-corrected chi connectivity index (χ1v) is 7.43. The van der Waals surface area contributed by atoms with Crippen LogP contribution < -0.4 is 4.84 Å². The van der Waals surface area contributed by atoms with Crippen molar-refractivity contribution in [2.24, 2.45) is 5.16 Å². The molecular weight excluding hydrogens is 350 g/mol. The van der Waals surface area contributed by atoms with Crippen molar-refractivity contribution in [2.45, 2.75) is 19.5 Å². The lowest BCUT2D eigenvalue weighted by Gasteiger charge is -2.14. The molecule has 0 saturated heterocycles. The zero-order valence-electron chi connectivity index (χ0n) is 12.0. The molecule has 0 radical (unpaired) electrons. The summed E-state index contributed by atoms with van der Waals surface area (Å²) in [6.45, 7) is 1.68. The van der Waals surface area contributed by atoms with Crippen molar-refractivity contribution >= 4 is 28.9 Å². The summed E-state index contributed by atoms with van der Waals surface area (Å²) in [7, 11) is 0. The summed E-state index contributed by atoms with van der Waals surface area (Å²) in [5.74, 6) is 0.332. The molecule has 0 saturated carbocycles. The van der Waals surface area contributed by atoms with E-state index in [1.165, 1.54) is 18.2 Å². The maximum Gasteiger partial charge on any atom is 0.417 e. The van der Waals surface area contributed by atoms with Gasteiger partial charge in [-0.2, -0.15) is 13.2 Å². The number of nitrogens with zero attached hydrogens (tertiary/aromatic N) is 1. The number of benzene rings is 2. The first kappa shape index (κ1) is 17.6. The summed E-state index contributed by atoms with van der Waals surface area (Å²) in [4.78, 5) is 5.19. The van der Waals surface area contributed by atoms with E-state index in [1.54, 1.807) is 25.1 Å². The second-order valence-electron chi connectivity index (χ2n) is 4.63. The Morgan fingerprint density at radius 2 is 1.78 bits per heavy atom. The van der Waals surface area contributed by atoms with E-state index in [2.05, 4.69) is 5.16 Å². The van der Waals surface area contributed by atoms with Crippen LogP contribution >= 0.6 is 23.2 Å². The Morgan fingerprint density at radius 3 is 2.39 bits per heavy atom. The number of rotatable bonds is 4. The smallest absolute Gasteiger partial charge is 0.357 e. The van der Waals surface area contributed by atoms with Gasteiger partial charge in [0.1, 0.15) is 0 Å². The summed E-state index contributed by atoms with van der Waals surface area (Å²) >= 11 is 11.6. The van der Waals surface area contributed by atoms with Gasteiger partial charge in [0.25, 0.3) is 0 Å². The Hall–Kier alpha value is -1.72. The Labute approximate surface area is 141 Å². The summed E-state index contributed by atoms with van der Waals surface area (Å²) in [6.07, 6.45) is -4.27. The van der Waals surface area contributed by atoms with E-state index in [1.807, 2.05) is 0 Å². The van der Waals surface area contributed by atoms with Crippen LogP contribution in [0.2, 0.25) is 10.0 Å². The van der Waals surface area contributed by atoms with Gasteiger partial charge in [-0.05, 0) is 36.8 Å². The Balaban J connectivity index is 2.41. The van der Waals surface area contributed by atoms with Crippen molar-refractivity contribution in [1.82, 2.24) is 0 Å². The quantitative estimate of drug-likeness (QED) is 0.468. The summed E-state index contributed by atoms with van der Waals surface area (Å²) in [5.41, 5.74) is -0.772. The molecule has 7 heteroatoms. The largest absolute Gasteiger partial charge is 0.417 e. The lowest BCUT2D eigenvalue weighted by atomic mass is 10.0. The molecule has 0 aliphatic heterocycles. The molecule has 0 aromatic heterocycles. The van der Waals surface area contributed by atoms with E-state index in [0.29, 0.717) is 10.8 Å². The van der Waals surface area contributed by atoms with Gasteiger partial charge < -0.3 is 4.84 Å². The number of hydrogen-bond acceptors (Lipinski definition) is 2. The van der Waals surface area contributed by atoms with E-state index in [-0.39, 0.29) is 22.7 Å². The average molecular weight is 362 g/mol. The molecule has 0 N–H and O–H groups in total. The van der Waals surface area contributed by atoms with E-state index < -0.39 is 11.7 Å². The van der Waals surface area contributed by atoms with Crippen LogP contribution in [0.25, 0.3) is 0 Å². The molecule has 0 spiro atoms. The predicted octanol–water partition coefficient (Wildman–Crippen LogP) is 6.21. The monoisotopic (exact) mass is 361 g/mol. The SMILES string of the molecule is CCC(=NOc1cccc(Cl)c1)c1cc(Cl)ccc1C(F)(F)F. The number of oxime groups is 1. The molecule has 23 heavy (non-hydrogen) atoms. The van der Waals surface area contributed by atoms with Gasteiger partial charge in [-0.15, -0.1) is 0 Å². The molecule has 0 atom stereocenters. The highest BCUT2D eigenvalue weighted by atomic mass is 35.5. The maximum atomic E-state index is 13.1. The minimum absolute atomic E-state index is 0.102. The highest BCUT2D eigenvalue weighted by Gasteiger charge is 2.34. The molecule has 0 aliphatic carbocycles. The Bertz CT molecular complexity index is 730. The normalized spacial score (nSPS) is 12.3. The third kappa shape index (κ3) is 4.62. The van der Waals surface area contributed by atoms with E-state index >= 15 is 0 Å². The lowest BCUT2D eigenvalue weighted by molar-refractivity contribution is -0.137. The summed E-state index contributed by atoms with van der Waals surface area (Å²) < 4.78 is 39.4. The average Bonchev–Trinajstić information content (AvgIpc) is 2.47. The first-order chi connectivity index (χ1) is 10.8. The van der Waals surface area contributed by atoms with Crippen LogP contribution in [0, 0.1) is 0 Å². The van der Waals surface area contributed by atoms with Crippen molar-refractivity contribution in [3.8, 4) is 5.75 Å². The van der Waals surface area contributed by atoms with Gasteiger partial charge >= 0.3 is 6.18 Å². The van der Waals surface area contributed by atoms with Crippen molar-refractivity contribution in [2.75, 3.05) is 0 Å². The fourth-order valence-corrected chi connectivity index (χ4v) is 2.29. The van der Waals surface area contributed by atoms with Crippen LogP contribution in [0.1, 0.15) is 24.5 Å². The molecule has 0 unspecified atom stereocenters. The highest BCUT2D eigenvalue weighted by Crippen LogP contribution is 2.34. The van der Waals surface area contributed by atoms with Gasteiger partial charge in [0, 0.05) is 21.7 Å². The van der Waals surface area contributed by atoms with Crippen LogP contribution in [0.3, 0.4) is 0 Å². The van der Waals surface area contributed by atoms with Gasteiger partial charge in [-0.1, -0.05) is 41.3 Å². The molecule has 0 fully saturated rings. The molecular formula is C16H12Cl2F3NO. The zero-order valence-corrected chi connectivity index (χ0v) is 13.5. The molecule has 0 aliphatic rings. The molecule has 2 nitrogen and oxygen atoms in total. The van der Waals surface area contributed by atoms with E-state index in [4.69, 9.17) is 28.0 Å². The van der Waals surface area contributed by atoms with Gasteiger partial charge in [-0.3, -0.25) is 0 Å². The topological polar surface area (TPSA) is 21.6 Å². The van der Waals surface area contributed by atoms with Crippen molar-refractivity contribution in [1.29, 1.82) is 0 Å². The summed E-state index contributed by atoms with van der Waals surface area (Å²) in [6, 6.07) is 9.78. The van der Waals surface area contributed by atoms with E-state index in [9.17, 15) is 13.2 Å². The second kappa shape index (κ2) is 7.23. The Morgan fingerprint density at radius 1 is 1.09 bits per heavy atom. The summed E-state index contributed by atoms with van der Waals surface area (Å²) in [5, 5.41) is 4.47. The minimum atomic E-state index is -4.51. The van der Waals surface area contributed by atoms with Crippen molar-refractivity contribution in [3.63, 3.8) is 0 Å². The van der Waals surface area contributed by atoms with Crippen LogP contribution in [-0.2, 0) is 6.18 Å². The predicted molar refractivity (Wildman–Crippen MR) is 85.4 cm³/mol. The zero-order chi connectivity index (χ0) is 17.0. The number of halogens is 5. The van der Waals surface area contributed by atoms with Crippen molar-refractivity contribution in [3.05, 3.63) is 63.6 Å². The third-order valence-corrected chi connectivity index (χ3v) is 3.46. The molecule has 122 valence electrons. The van der Waals surface area contributed by atoms with Gasteiger partial charge in [-0.25, -0.2) is 0 Å². The van der Waals surface area contributed by atoms with E-state index in [0.717, 1.165) is 6.07 Å². The van der Waals surface area contributed by atoms with Gasteiger partial charge in [0.15, 0.2) is 5.75 Å². The Kier molecular flexibility index (Phi) is 5.55.